The fourth-order valence-electron chi connectivity index (χ4n) is 3.25. The lowest BCUT2D eigenvalue weighted by molar-refractivity contribution is -0.129. The maximum Gasteiger partial charge on any atom is 0.340 e. The highest BCUT2D eigenvalue weighted by molar-refractivity contribution is 6.18. The number of hydrogen-bond acceptors (Lipinski definition) is 7. The average molecular weight is 434 g/mol. The van der Waals surface area contributed by atoms with Gasteiger partial charge < -0.3 is 9.47 Å². The first kappa shape index (κ1) is 22.9. The molecule has 32 heavy (non-hydrogen) atoms. The van der Waals surface area contributed by atoms with Gasteiger partial charge in [-0.2, -0.15) is 10.2 Å². The maximum absolute atomic E-state index is 13.0. The minimum Gasteiger partial charge on any atom is -0.497 e. The van der Waals surface area contributed by atoms with Crippen LogP contribution in [0.1, 0.15) is 54.9 Å². The van der Waals surface area contributed by atoms with Crippen molar-refractivity contribution in [2.45, 2.75) is 46.3 Å². The summed E-state index contributed by atoms with van der Waals surface area (Å²) in [7, 11) is 1.58. The summed E-state index contributed by atoms with van der Waals surface area (Å²) in [5.74, 6) is -0.430. The molecule has 0 spiro atoms. The Balaban J connectivity index is 1.97. The quantitative estimate of drug-likeness (QED) is 0.488. The van der Waals surface area contributed by atoms with E-state index in [0.29, 0.717) is 12.2 Å². The van der Waals surface area contributed by atoms with Crippen LogP contribution in [-0.4, -0.2) is 40.2 Å². The van der Waals surface area contributed by atoms with Gasteiger partial charge in [0.15, 0.2) is 12.0 Å². The molecule has 8 heteroatoms. The molecule has 0 saturated heterocycles. The number of esters is 1. The van der Waals surface area contributed by atoms with E-state index in [2.05, 4.69) is 9.98 Å². The maximum atomic E-state index is 13.0. The monoisotopic (exact) mass is 434 g/mol. The van der Waals surface area contributed by atoms with E-state index in [1.807, 2.05) is 27.0 Å². The third-order valence-corrected chi connectivity index (χ3v) is 5.72. The topological polar surface area (TPSA) is 105 Å². The first-order chi connectivity index (χ1) is 15.2. The number of methoxy groups -OCH3 is 1. The van der Waals surface area contributed by atoms with Crippen molar-refractivity contribution in [3.63, 3.8) is 0 Å². The molecule has 1 aliphatic heterocycles. The van der Waals surface area contributed by atoms with Crippen LogP contribution >= 0.6 is 0 Å². The number of carbonyl (C=O) groups is 2. The van der Waals surface area contributed by atoms with Crippen molar-refractivity contribution in [1.29, 1.82) is 5.26 Å². The van der Waals surface area contributed by atoms with Gasteiger partial charge in [0, 0.05) is 6.20 Å². The normalized spacial score (nSPS) is 17.8. The van der Waals surface area contributed by atoms with Crippen molar-refractivity contribution in [2.75, 3.05) is 7.11 Å². The lowest BCUT2D eigenvalue weighted by Gasteiger charge is -2.22. The zero-order chi connectivity index (χ0) is 23.5. The molecule has 1 aromatic heterocycles. The number of pyridine rings is 1. The van der Waals surface area contributed by atoms with Crippen molar-refractivity contribution in [2.24, 2.45) is 10.9 Å². The molecule has 0 radical (unpaired) electrons. The highest BCUT2D eigenvalue weighted by atomic mass is 16.5. The molecular formula is C24H26N4O4. The highest BCUT2D eigenvalue weighted by Crippen LogP contribution is 2.32. The molecule has 1 amide bonds. The molecule has 2 aromatic rings. The molecule has 166 valence electrons. The Morgan fingerprint density at radius 3 is 2.50 bits per heavy atom. The summed E-state index contributed by atoms with van der Waals surface area (Å²) < 4.78 is 10.7. The van der Waals surface area contributed by atoms with E-state index in [1.165, 1.54) is 0 Å². The first-order valence-corrected chi connectivity index (χ1v) is 10.4. The van der Waals surface area contributed by atoms with Crippen LogP contribution in [0.15, 0.2) is 41.5 Å². The molecule has 0 saturated carbocycles. The molecule has 1 aliphatic rings. The van der Waals surface area contributed by atoms with Gasteiger partial charge in [-0.25, -0.2) is 9.79 Å². The van der Waals surface area contributed by atoms with Crippen LogP contribution in [0.3, 0.4) is 0 Å². The molecule has 0 N–H and O–H groups in total. The second-order valence-corrected chi connectivity index (χ2v) is 8.00. The van der Waals surface area contributed by atoms with Crippen LogP contribution < -0.4 is 4.74 Å². The minimum absolute atomic E-state index is 0.0513. The Labute approximate surface area is 187 Å². The second kappa shape index (κ2) is 9.18. The zero-order valence-electron chi connectivity index (χ0n) is 18.9. The number of nitriles is 1. The number of aromatic nitrogens is 1. The van der Waals surface area contributed by atoms with Crippen molar-refractivity contribution in [3.8, 4) is 11.9 Å². The largest absolute Gasteiger partial charge is 0.497 e. The van der Waals surface area contributed by atoms with E-state index < -0.39 is 17.4 Å². The SMILES string of the molecule is CCc1cnc(C2=NC(C)(C(C)C)C(=O)N2C#N)c(C(=O)OCc2ccc(OC)cc2)c1. The Morgan fingerprint density at radius 1 is 1.25 bits per heavy atom. The van der Waals surface area contributed by atoms with Gasteiger partial charge in [0.05, 0.1) is 12.7 Å². The van der Waals surface area contributed by atoms with Gasteiger partial charge >= 0.3 is 5.97 Å². The van der Waals surface area contributed by atoms with Crippen molar-refractivity contribution >= 4 is 17.7 Å². The third kappa shape index (κ3) is 4.19. The van der Waals surface area contributed by atoms with E-state index in [-0.39, 0.29) is 29.6 Å². The Kier molecular flexibility index (Phi) is 6.58. The van der Waals surface area contributed by atoms with Gasteiger partial charge in [0.25, 0.3) is 5.91 Å². The number of benzene rings is 1. The molecule has 3 rings (SSSR count). The third-order valence-electron chi connectivity index (χ3n) is 5.72. The Bertz CT molecular complexity index is 1100. The Hall–Kier alpha value is -3.73. The molecular weight excluding hydrogens is 408 g/mol. The van der Waals surface area contributed by atoms with E-state index in [1.54, 1.807) is 50.6 Å². The number of carbonyl (C=O) groups excluding carboxylic acids is 2. The number of aryl methyl sites for hydroxylation is 1. The number of aliphatic imine (C=N–C) groups is 1. The molecule has 2 heterocycles. The average Bonchev–Trinajstić information content (AvgIpc) is 3.08. The summed E-state index contributed by atoms with van der Waals surface area (Å²) in [5, 5.41) is 9.63. The summed E-state index contributed by atoms with van der Waals surface area (Å²) in [6, 6.07) is 8.85. The smallest absolute Gasteiger partial charge is 0.340 e. The van der Waals surface area contributed by atoms with E-state index >= 15 is 0 Å². The molecule has 0 fully saturated rings. The molecule has 1 aromatic carbocycles. The minimum atomic E-state index is -1.11. The highest BCUT2D eigenvalue weighted by Gasteiger charge is 2.48. The number of nitrogens with zero attached hydrogens (tertiary/aromatic N) is 4. The van der Waals surface area contributed by atoms with Crippen LogP contribution in [0.5, 0.6) is 5.75 Å². The number of hydrogen-bond donors (Lipinski definition) is 0. The number of ether oxygens (including phenoxy) is 2. The van der Waals surface area contributed by atoms with Crippen LogP contribution in [0.25, 0.3) is 0 Å². The molecule has 1 unspecified atom stereocenters. The van der Waals surface area contributed by atoms with Gasteiger partial charge in [-0.1, -0.05) is 32.9 Å². The number of amides is 1. The number of rotatable bonds is 7. The molecule has 0 aliphatic carbocycles. The van der Waals surface area contributed by atoms with Crippen molar-refractivity contribution in [3.05, 3.63) is 58.9 Å². The summed E-state index contributed by atoms with van der Waals surface area (Å²) in [6.07, 6.45) is 4.15. The van der Waals surface area contributed by atoms with E-state index in [9.17, 15) is 14.9 Å². The van der Waals surface area contributed by atoms with Gasteiger partial charge in [0.1, 0.15) is 23.6 Å². The first-order valence-electron chi connectivity index (χ1n) is 10.4. The fraction of sp³-hybridized carbons (Fsp3) is 0.375. The van der Waals surface area contributed by atoms with E-state index in [4.69, 9.17) is 9.47 Å². The lowest BCUT2D eigenvalue weighted by atomic mass is 9.89. The van der Waals surface area contributed by atoms with E-state index in [0.717, 1.165) is 16.0 Å². The lowest BCUT2D eigenvalue weighted by Crippen LogP contribution is -2.42. The van der Waals surface area contributed by atoms with Crippen molar-refractivity contribution in [1.82, 2.24) is 9.88 Å². The van der Waals surface area contributed by atoms with Gasteiger partial charge in [-0.3, -0.25) is 9.78 Å². The summed E-state index contributed by atoms with van der Waals surface area (Å²) >= 11 is 0. The van der Waals surface area contributed by atoms with Crippen LogP contribution in [0, 0.1) is 17.4 Å². The summed E-state index contributed by atoms with van der Waals surface area (Å²) in [5.41, 5.74) is 0.823. The molecule has 1 atom stereocenters. The summed E-state index contributed by atoms with van der Waals surface area (Å²) in [4.78, 5) is 35.8. The van der Waals surface area contributed by atoms with Crippen molar-refractivity contribution < 1.29 is 19.1 Å². The fourth-order valence-corrected chi connectivity index (χ4v) is 3.25. The van der Waals surface area contributed by atoms with Crippen LogP contribution in [-0.2, 0) is 22.6 Å². The number of amidine groups is 1. The molecule has 8 nitrogen and oxygen atoms in total. The van der Waals surface area contributed by atoms with Crippen LogP contribution in [0.2, 0.25) is 0 Å². The molecule has 0 bridgehead atoms. The second-order valence-electron chi connectivity index (χ2n) is 8.00. The van der Waals surface area contributed by atoms with Gasteiger partial charge in [0.2, 0.25) is 0 Å². The predicted molar refractivity (Wildman–Crippen MR) is 118 cm³/mol. The van der Waals surface area contributed by atoms with Gasteiger partial charge in [-0.05, 0) is 48.6 Å². The predicted octanol–water partition coefficient (Wildman–Crippen LogP) is 3.49. The zero-order valence-corrected chi connectivity index (χ0v) is 18.9. The van der Waals surface area contributed by atoms with Crippen LogP contribution in [0.4, 0.5) is 0 Å². The van der Waals surface area contributed by atoms with Gasteiger partial charge in [-0.15, -0.1) is 0 Å². The summed E-state index contributed by atoms with van der Waals surface area (Å²) in [6.45, 7) is 7.39. The standard InChI is InChI=1S/C24H26N4O4/c1-6-16-11-19(22(29)32-13-17-7-9-18(31-5)10-8-17)20(26-12-16)21-27-24(4,15(2)3)23(30)28(21)14-25/h7-12,15H,6,13H2,1-5H3. The Morgan fingerprint density at radius 2 is 1.94 bits per heavy atom.